The minimum atomic E-state index is -0.939. The van der Waals surface area contributed by atoms with E-state index in [1.165, 1.54) is 4.68 Å². The first-order valence-corrected chi connectivity index (χ1v) is 7.20. The van der Waals surface area contributed by atoms with Gasteiger partial charge in [-0.2, -0.15) is 0 Å². The lowest BCUT2D eigenvalue weighted by atomic mass is 9.87. The summed E-state index contributed by atoms with van der Waals surface area (Å²) in [5.74, 6) is -1.41. The molecule has 0 spiro atoms. The molecule has 0 radical (unpaired) electrons. The number of aromatic nitrogens is 4. The SMILES string of the molecule is CC1=Nc2nnnn2C(c2ccc3ccccc3c2)C1C(=O)O. The molecule has 0 bridgehead atoms. The molecule has 114 valence electrons. The Balaban J connectivity index is 1.92. The van der Waals surface area contributed by atoms with Crippen LogP contribution in [0.2, 0.25) is 0 Å². The minimum Gasteiger partial charge on any atom is -0.481 e. The van der Waals surface area contributed by atoms with Crippen molar-refractivity contribution in [3.63, 3.8) is 0 Å². The van der Waals surface area contributed by atoms with Crippen LogP contribution in [0.15, 0.2) is 47.5 Å². The molecule has 0 aliphatic carbocycles. The number of benzene rings is 2. The number of carbonyl (C=O) groups is 1. The van der Waals surface area contributed by atoms with Crippen LogP contribution in [0, 0.1) is 5.92 Å². The van der Waals surface area contributed by atoms with Gasteiger partial charge in [0, 0.05) is 5.71 Å². The van der Waals surface area contributed by atoms with E-state index in [2.05, 4.69) is 20.5 Å². The maximum atomic E-state index is 11.8. The fourth-order valence-corrected chi connectivity index (χ4v) is 3.08. The summed E-state index contributed by atoms with van der Waals surface area (Å²) in [7, 11) is 0. The number of fused-ring (bicyclic) bond motifs is 2. The third kappa shape index (κ3) is 2.09. The van der Waals surface area contributed by atoms with E-state index in [0.29, 0.717) is 11.7 Å². The van der Waals surface area contributed by atoms with E-state index in [9.17, 15) is 9.90 Å². The van der Waals surface area contributed by atoms with E-state index >= 15 is 0 Å². The number of carboxylic acid groups (broad SMARTS) is 1. The molecule has 2 aromatic carbocycles. The molecule has 2 atom stereocenters. The maximum absolute atomic E-state index is 11.8. The van der Waals surface area contributed by atoms with E-state index < -0.39 is 17.9 Å². The van der Waals surface area contributed by atoms with Gasteiger partial charge < -0.3 is 5.11 Å². The van der Waals surface area contributed by atoms with E-state index in [-0.39, 0.29) is 0 Å². The van der Waals surface area contributed by atoms with E-state index in [1.54, 1.807) is 6.92 Å². The largest absolute Gasteiger partial charge is 0.481 e. The Labute approximate surface area is 131 Å². The molecule has 2 unspecified atom stereocenters. The average Bonchev–Trinajstić information content (AvgIpc) is 3.00. The summed E-state index contributed by atoms with van der Waals surface area (Å²) in [5.41, 5.74) is 1.34. The van der Waals surface area contributed by atoms with Crippen molar-refractivity contribution in [2.75, 3.05) is 0 Å². The molecule has 2 heterocycles. The van der Waals surface area contributed by atoms with Crippen LogP contribution < -0.4 is 0 Å². The van der Waals surface area contributed by atoms with Gasteiger partial charge in [-0.05, 0) is 39.8 Å². The lowest BCUT2D eigenvalue weighted by Gasteiger charge is -2.27. The van der Waals surface area contributed by atoms with E-state index in [1.807, 2.05) is 42.5 Å². The van der Waals surface area contributed by atoms with E-state index in [4.69, 9.17) is 0 Å². The molecule has 1 aliphatic heterocycles. The fraction of sp³-hybridized carbons (Fsp3) is 0.188. The number of hydrogen-bond acceptors (Lipinski definition) is 5. The second-order valence-electron chi connectivity index (χ2n) is 5.54. The molecule has 0 amide bonds. The number of aliphatic carboxylic acids is 1. The van der Waals surface area contributed by atoms with Crippen molar-refractivity contribution in [3.05, 3.63) is 48.0 Å². The number of aliphatic imine (C=N–C) groups is 1. The Kier molecular flexibility index (Phi) is 2.94. The summed E-state index contributed by atoms with van der Waals surface area (Å²) < 4.78 is 1.48. The van der Waals surface area contributed by atoms with Crippen molar-refractivity contribution in [3.8, 4) is 0 Å². The zero-order valence-electron chi connectivity index (χ0n) is 12.3. The van der Waals surface area contributed by atoms with Crippen LogP contribution in [0.25, 0.3) is 10.8 Å². The van der Waals surface area contributed by atoms with Crippen LogP contribution in [-0.2, 0) is 4.79 Å². The summed E-state index contributed by atoms with van der Waals surface area (Å²) in [6.07, 6.45) is 0. The van der Waals surface area contributed by atoms with Crippen molar-refractivity contribution in [2.45, 2.75) is 13.0 Å². The molecule has 0 saturated carbocycles. The van der Waals surface area contributed by atoms with Crippen LogP contribution in [0.1, 0.15) is 18.5 Å². The number of carboxylic acids is 1. The molecular formula is C16H13N5O2. The molecule has 3 aromatic rings. The molecule has 0 saturated heterocycles. The molecule has 0 fully saturated rings. The third-order valence-corrected chi connectivity index (χ3v) is 4.16. The lowest BCUT2D eigenvalue weighted by molar-refractivity contribution is -0.140. The minimum absolute atomic E-state index is 0.332. The Morgan fingerprint density at radius 1 is 1.17 bits per heavy atom. The molecular weight excluding hydrogens is 294 g/mol. The summed E-state index contributed by atoms with van der Waals surface area (Å²) in [5, 5.41) is 23.2. The van der Waals surface area contributed by atoms with Gasteiger partial charge in [0.2, 0.25) is 0 Å². The number of nitrogens with zero attached hydrogens (tertiary/aromatic N) is 5. The highest BCUT2D eigenvalue weighted by Gasteiger charge is 2.39. The molecule has 7 nitrogen and oxygen atoms in total. The van der Waals surface area contributed by atoms with Gasteiger partial charge in [-0.3, -0.25) is 4.79 Å². The standard InChI is InChI=1S/C16H13N5O2/c1-9-13(15(22)23)14(21-16(17-9)18-19-20-21)12-7-6-10-4-2-3-5-11(10)8-12/h2-8,13-14H,1H3,(H,22,23). The van der Waals surface area contributed by atoms with Crippen molar-refractivity contribution in [1.29, 1.82) is 0 Å². The van der Waals surface area contributed by atoms with E-state index in [0.717, 1.165) is 16.3 Å². The summed E-state index contributed by atoms with van der Waals surface area (Å²) in [6, 6.07) is 13.3. The number of hydrogen-bond donors (Lipinski definition) is 1. The monoisotopic (exact) mass is 307 g/mol. The normalized spacial score (nSPS) is 20.1. The predicted octanol–water partition coefficient (Wildman–Crippen LogP) is 2.22. The van der Waals surface area contributed by atoms with Crippen molar-refractivity contribution < 1.29 is 9.90 Å². The maximum Gasteiger partial charge on any atom is 0.314 e. The Bertz CT molecular complexity index is 946. The summed E-state index contributed by atoms with van der Waals surface area (Å²) in [4.78, 5) is 16.0. The number of rotatable bonds is 2. The fourth-order valence-electron chi connectivity index (χ4n) is 3.08. The van der Waals surface area contributed by atoms with Crippen molar-refractivity contribution in [2.24, 2.45) is 10.9 Å². The first kappa shape index (κ1) is 13.6. The highest BCUT2D eigenvalue weighted by atomic mass is 16.4. The first-order chi connectivity index (χ1) is 11.1. The Hall–Kier alpha value is -3.09. The van der Waals surface area contributed by atoms with Gasteiger partial charge in [-0.25, -0.2) is 9.67 Å². The Morgan fingerprint density at radius 2 is 1.96 bits per heavy atom. The van der Waals surface area contributed by atoms with Gasteiger partial charge in [0.1, 0.15) is 12.0 Å². The zero-order chi connectivity index (χ0) is 16.0. The van der Waals surface area contributed by atoms with Crippen LogP contribution in [-0.4, -0.2) is 37.0 Å². The molecule has 1 N–H and O–H groups in total. The molecule has 1 aliphatic rings. The third-order valence-electron chi connectivity index (χ3n) is 4.16. The highest BCUT2D eigenvalue weighted by molar-refractivity contribution is 6.02. The first-order valence-electron chi connectivity index (χ1n) is 7.20. The highest BCUT2D eigenvalue weighted by Crippen LogP contribution is 2.35. The van der Waals surface area contributed by atoms with Gasteiger partial charge in [-0.15, -0.1) is 0 Å². The smallest absolute Gasteiger partial charge is 0.314 e. The van der Waals surface area contributed by atoms with Gasteiger partial charge in [-0.1, -0.05) is 41.5 Å². The van der Waals surface area contributed by atoms with Gasteiger partial charge in [0.25, 0.3) is 5.95 Å². The number of tetrazole rings is 1. The predicted molar refractivity (Wildman–Crippen MR) is 83.8 cm³/mol. The van der Waals surface area contributed by atoms with Gasteiger partial charge >= 0.3 is 5.97 Å². The molecule has 23 heavy (non-hydrogen) atoms. The molecule has 4 rings (SSSR count). The Morgan fingerprint density at radius 3 is 2.74 bits per heavy atom. The average molecular weight is 307 g/mol. The molecule has 7 heteroatoms. The van der Waals surface area contributed by atoms with Gasteiger partial charge in [0.15, 0.2) is 0 Å². The summed E-state index contributed by atoms with van der Waals surface area (Å²) >= 11 is 0. The summed E-state index contributed by atoms with van der Waals surface area (Å²) in [6.45, 7) is 1.70. The second kappa shape index (κ2) is 4.98. The van der Waals surface area contributed by atoms with Gasteiger partial charge in [0.05, 0.1) is 0 Å². The van der Waals surface area contributed by atoms with Crippen LogP contribution in [0.4, 0.5) is 5.95 Å². The quantitative estimate of drug-likeness (QED) is 0.783. The zero-order valence-corrected chi connectivity index (χ0v) is 12.3. The van der Waals surface area contributed by atoms with Crippen molar-refractivity contribution in [1.82, 2.24) is 20.2 Å². The van der Waals surface area contributed by atoms with Crippen molar-refractivity contribution >= 4 is 28.4 Å². The topological polar surface area (TPSA) is 93.3 Å². The second-order valence-corrected chi connectivity index (χ2v) is 5.54. The molecule has 1 aromatic heterocycles. The lowest BCUT2D eigenvalue weighted by Crippen LogP contribution is -2.35. The van der Waals surface area contributed by atoms with Crippen LogP contribution in [0.5, 0.6) is 0 Å². The van der Waals surface area contributed by atoms with Crippen LogP contribution in [0.3, 0.4) is 0 Å². The van der Waals surface area contributed by atoms with Crippen LogP contribution >= 0.6 is 0 Å².